The van der Waals surface area contributed by atoms with E-state index < -0.39 is 11.4 Å². The van der Waals surface area contributed by atoms with Crippen LogP contribution in [-0.2, 0) is 10.2 Å². The van der Waals surface area contributed by atoms with E-state index in [4.69, 9.17) is 0 Å². The molecule has 0 bridgehead atoms. The maximum Gasteiger partial charge on any atom is 0.314 e. The number of aliphatic carboxylic acids is 1. The highest BCUT2D eigenvalue weighted by Crippen LogP contribution is 2.46. The first-order valence-electron chi connectivity index (χ1n) is 5.20. The minimum Gasteiger partial charge on any atom is -0.508 e. The largest absolute Gasteiger partial charge is 0.508 e. The van der Waals surface area contributed by atoms with E-state index in [1.165, 1.54) is 0 Å². The molecule has 0 aromatic heterocycles. The summed E-state index contributed by atoms with van der Waals surface area (Å²) in [5, 5.41) is 19.0. The molecule has 0 heterocycles. The number of benzene rings is 1. The van der Waals surface area contributed by atoms with Crippen molar-refractivity contribution in [1.29, 1.82) is 0 Å². The molecule has 0 spiro atoms. The van der Waals surface area contributed by atoms with Crippen LogP contribution in [0.1, 0.15) is 30.4 Å². The zero-order chi connectivity index (χ0) is 11.9. The molecule has 1 aliphatic rings. The average Bonchev–Trinajstić information content (AvgIpc) is 2.11. The van der Waals surface area contributed by atoms with Gasteiger partial charge in [0.1, 0.15) is 5.75 Å². The fourth-order valence-corrected chi connectivity index (χ4v) is 2.55. The first kappa shape index (κ1) is 11.5. The lowest BCUT2D eigenvalue weighted by Crippen LogP contribution is -2.42. The molecule has 2 N–H and O–H groups in total. The number of carboxylic acids is 1. The van der Waals surface area contributed by atoms with E-state index in [0.717, 1.165) is 16.5 Å². The van der Waals surface area contributed by atoms with Crippen molar-refractivity contribution in [3.8, 4) is 5.75 Å². The van der Waals surface area contributed by atoms with Gasteiger partial charge in [0.2, 0.25) is 0 Å². The molecule has 1 aromatic rings. The molecule has 1 aromatic carbocycles. The van der Waals surface area contributed by atoms with Crippen LogP contribution < -0.4 is 0 Å². The van der Waals surface area contributed by atoms with Crippen LogP contribution in [0.2, 0.25) is 0 Å². The van der Waals surface area contributed by atoms with E-state index in [1.807, 2.05) is 6.07 Å². The Morgan fingerprint density at radius 2 is 2.06 bits per heavy atom. The molecule has 1 fully saturated rings. The predicted molar refractivity (Wildman–Crippen MR) is 63.7 cm³/mol. The zero-order valence-electron chi connectivity index (χ0n) is 8.96. The summed E-state index contributed by atoms with van der Waals surface area (Å²) in [7, 11) is 0. The van der Waals surface area contributed by atoms with Gasteiger partial charge in [0, 0.05) is 10.0 Å². The average molecular weight is 285 g/mol. The number of carbonyl (C=O) groups is 1. The quantitative estimate of drug-likeness (QED) is 0.878. The van der Waals surface area contributed by atoms with Crippen LogP contribution >= 0.6 is 15.9 Å². The summed E-state index contributed by atoms with van der Waals surface area (Å²) in [5.41, 5.74) is 0.651. The fraction of sp³-hybridized carbons (Fsp3) is 0.417. The monoisotopic (exact) mass is 284 g/mol. The third kappa shape index (κ3) is 1.52. The van der Waals surface area contributed by atoms with Gasteiger partial charge in [-0.15, -0.1) is 0 Å². The van der Waals surface area contributed by atoms with Gasteiger partial charge in [0.15, 0.2) is 0 Å². The summed E-state index contributed by atoms with van der Waals surface area (Å²) in [4.78, 5) is 11.3. The lowest BCUT2D eigenvalue weighted by molar-refractivity contribution is -0.147. The molecule has 0 radical (unpaired) electrons. The summed E-state index contributed by atoms with van der Waals surface area (Å²) < 4.78 is 0.759. The van der Waals surface area contributed by atoms with Crippen molar-refractivity contribution in [2.45, 2.75) is 31.6 Å². The van der Waals surface area contributed by atoms with Gasteiger partial charge >= 0.3 is 5.97 Å². The second kappa shape index (κ2) is 3.77. The van der Waals surface area contributed by atoms with Crippen molar-refractivity contribution in [2.75, 3.05) is 0 Å². The van der Waals surface area contributed by atoms with Gasteiger partial charge in [-0.25, -0.2) is 0 Å². The van der Waals surface area contributed by atoms with E-state index in [0.29, 0.717) is 18.4 Å². The Labute approximate surface area is 102 Å². The molecule has 4 heteroatoms. The number of phenols is 1. The second-order valence-electron chi connectivity index (χ2n) is 4.34. The number of phenolic OH excluding ortho intramolecular Hbond substituents is 1. The van der Waals surface area contributed by atoms with Gasteiger partial charge in [-0.05, 0) is 37.5 Å². The van der Waals surface area contributed by atoms with Gasteiger partial charge in [-0.2, -0.15) is 0 Å². The van der Waals surface area contributed by atoms with Crippen LogP contribution in [0.15, 0.2) is 16.6 Å². The molecular weight excluding hydrogens is 272 g/mol. The highest BCUT2D eigenvalue weighted by atomic mass is 79.9. The molecule has 0 unspecified atom stereocenters. The normalized spacial score (nSPS) is 17.9. The lowest BCUT2D eigenvalue weighted by Gasteiger charge is -2.38. The molecule has 3 nitrogen and oxygen atoms in total. The van der Waals surface area contributed by atoms with E-state index in [9.17, 15) is 15.0 Å². The molecule has 2 rings (SSSR count). The van der Waals surface area contributed by atoms with Crippen molar-refractivity contribution < 1.29 is 15.0 Å². The number of hydrogen-bond acceptors (Lipinski definition) is 2. The summed E-state index contributed by atoms with van der Waals surface area (Å²) >= 11 is 3.34. The van der Waals surface area contributed by atoms with Gasteiger partial charge in [-0.1, -0.05) is 22.4 Å². The first-order valence-corrected chi connectivity index (χ1v) is 6.00. The van der Waals surface area contributed by atoms with Gasteiger partial charge in [0.25, 0.3) is 0 Å². The summed E-state index contributed by atoms with van der Waals surface area (Å²) in [6.45, 7) is 1.79. The number of carboxylic acid groups (broad SMARTS) is 1. The first-order chi connectivity index (χ1) is 7.47. The third-order valence-electron chi connectivity index (χ3n) is 3.49. The van der Waals surface area contributed by atoms with Crippen LogP contribution in [0.25, 0.3) is 0 Å². The summed E-state index contributed by atoms with van der Waals surface area (Å²) in [5.74, 6) is -0.647. The Balaban J connectivity index is 2.52. The molecule has 0 aliphatic heterocycles. The minimum atomic E-state index is -0.797. The molecule has 0 amide bonds. The molecule has 0 atom stereocenters. The Morgan fingerprint density at radius 3 is 2.44 bits per heavy atom. The standard InChI is InChI=1S/C12H13BrO3/c1-7-9(13)5-8(6-10(7)14)12(11(15)16)3-2-4-12/h5-6,14H,2-4H2,1H3,(H,15,16). The number of hydrogen-bond donors (Lipinski definition) is 2. The Bertz CT molecular complexity index is 427. The molecular formula is C12H13BrO3. The maximum absolute atomic E-state index is 11.3. The van der Waals surface area contributed by atoms with E-state index >= 15 is 0 Å². The fourth-order valence-electron chi connectivity index (χ4n) is 2.10. The SMILES string of the molecule is Cc1c(O)cc(C2(C(=O)O)CCC2)cc1Br. The topological polar surface area (TPSA) is 57.5 Å². The highest BCUT2D eigenvalue weighted by Gasteiger charge is 2.46. The van der Waals surface area contributed by atoms with E-state index in [2.05, 4.69) is 15.9 Å². The van der Waals surface area contributed by atoms with Crippen LogP contribution in [0.3, 0.4) is 0 Å². The zero-order valence-corrected chi connectivity index (χ0v) is 10.5. The Kier molecular flexibility index (Phi) is 2.70. The lowest BCUT2D eigenvalue weighted by atomic mass is 9.64. The summed E-state index contributed by atoms with van der Waals surface area (Å²) in [6, 6.07) is 3.38. The third-order valence-corrected chi connectivity index (χ3v) is 4.31. The Morgan fingerprint density at radius 1 is 1.44 bits per heavy atom. The van der Waals surface area contributed by atoms with Crippen LogP contribution in [0.4, 0.5) is 0 Å². The smallest absolute Gasteiger partial charge is 0.314 e. The van der Waals surface area contributed by atoms with E-state index in [-0.39, 0.29) is 5.75 Å². The molecule has 86 valence electrons. The second-order valence-corrected chi connectivity index (χ2v) is 5.20. The molecule has 1 aliphatic carbocycles. The van der Waals surface area contributed by atoms with E-state index in [1.54, 1.807) is 13.0 Å². The molecule has 16 heavy (non-hydrogen) atoms. The van der Waals surface area contributed by atoms with Crippen LogP contribution in [0.5, 0.6) is 5.75 Å². The predicted octanol–water partition coefficient (Wildman–Crippen LogP) is 2.97. The van der Waals surface area contributed by atoms with Crippen molar-refractivity contribution in [2.24, 2.45) is 0 Å². The number of aromatic hydroxyl groups is 1. The van der Waals surface area contributed by atoms with Crippen molar-refractivity contribution in [1.82, 2.24) is 0 Å². The van der Waals surface area contributed by atoms with Crippen LogP contribution in [0, 0.1) is 6.92 Å². The highest BCUT2D eigenvalue weighted by molar-refractivity contribution is 9.10. The molecule has 0 saturated heterocycles. The van der Waals surface area contributed by atoms with Crippen molar-refractivity contribution in [3.63, 3.8) is 0 Å². The van der Waals surface area contributed by atoms with Crippen molar-refractivity contribution in [3.05, 3.63) is 27.7 Å². The van der Waals surface area contributed by atoms with Gasteiger partial charge < -0.3 is 10.2 Å². The number of halogens is 1. The van der Waals surface area contributed by atoms with Gasteiger partial charge in [0.05, 0.1) is 5.41 Å². The summed E-state index contributed by atoms with van der Waals surface area (Å²) in [6.07, 6.45) is 2.23. The van der Waals surface area contributed by atoms with Crippen LogP contribution in [-0.4, -0.2) is 16.2 Å². The minimum absolute atomic E-state index is 0.150. The number of rotatable bonds is 2. The maximum atomic E-state index is 11.3. The molecule has 1 saturated carbocycles. The van der Waals surface area contributed by atoms with Gasteiger partial charge in [-0.3, -0.25) is 4.79 Å². The Hall–Kier alpha value is -1.03. The van der Waals surface area contributed by atoms with Crippen molar-refractivity contribution >= 4 is 21.9 Å².